The van der Waals surface area contributed by atoms with Crippen LogP contribution >= 0.6 is 0 Å². The van der Waals surface area contributed by atoms with E-state index in [1.165, 1.54) is 24.3 Å². The summed E-state index contributed by atoms with van der Waals surface area (Å²) in [6.45, 7) is 6.73. The van der Waals surface area contributed by atoms with Gasteiger partial charge in [-0.1, -0.05) is 0 Å². The average molecular weight is 389 g/mol. The standard InChI is InChI=1S/C18H29FN2O4S/c1-15-13-20(14-16(2)21(15)9-4-10-24-3)26(22,23)12-11-25-18-7-5-17(19)6-8-18/h5-8,15-16H,4,9-14H2,1-3H3. The van der Waals surface area contributed by atoms with Crippen molar-refractivity contribution in [1.82, 2.24) is 9.21 Å². The van der Waals surface area contributed by atoms with Crippen LogP contribution in [-0.2, 0) is 14.8 Å². The molecule has 2 unspecified atom stereocenters. The highest BCUT2D eigenvalue weighted by Crippen LogP contribution is 2.19. The molecule has 2 rings (SSSR count). The van der Waals surface area contributed by atoms with Crippen molar-refractivity contribution in [2.24, 2.45) is 0 Å². The van der Waals surface area contributed by atoms with E-state index in [2.05, 4.69) is 18.7 Å². The van der Waals surface area contributed by atoms with Gasteiger partial charge in [0.1, 0.15) is 18.2 Å². The van der Waals surface area contributed by atoms with Gasteiger partial charge in [0.15, 0.2) is 0 Å². The highest BCUT2D eigenvalue weighted by molar-refractivity contribution is 7.89. The van der Waals surface area contributed by atoms with E-state index in [4.69, 9.17) is 9.47 Å². The number of hydrogen-bond donors (Lipinski definition) is 0. The minimum absolute atomic E-state index is 0.0464. The number of hydrogen-bond acceptors (Lipinski definition) is 5. The van der Waals surface area contributed by atoms with Crippen molar-refractivity contribution in [2.75, 3.05) is 45.7 Å². The summed E-state index contributed by atoms with van der Waals surface area (Å²) in [7, 11) is -1.71. The van der Waals surface area contributed by atoms with Gasteiger partial charge >= 0.3 is 0 Å². The average Bonchev–Trinajstić information content (AvgIpc) is 2.59. The number of rotatable bonds is 9. The molecule has 0 N–H and O–H groups in total. The number of ether oxygens (including phenoxy) is 2. The van der Waals surface area contributed by atoms with Crippen molar-refractivity contribution in [3.8, 4) is 5.75 Å². The molecule has 1 heterocycles. The monoisotopic (exact) mass is 388 g/mol. The maximum absolute atomic E-state index is 12.9. The summed E-state index contributed by atoms with van der Waals surface area (Å²) in [5.74, 6) is 0.0237. The Kier molecular flexibility index (Phi) is 7.82. The molecule has 1 aromatic carbocycles. The van der Waals surface area contributed by atoms with Crippen LogP contribution in [0.25, 0.3) is 0 Å². The lowest BCUT2D eigenvalue weighted by molar-refractivity contribution is 0.0664. The molecule has 0 bridgehead atoms. The van der Waals surface area contributed by atoms with Gasteiger partial charge in [-0.25, -0.2) is 12.8 Å². The SMILES string of the molecule is COCCCN1C(C)CN(S(=O)(=O)CCOc2ccc(F)cc2)CC1C. The van der Waals surface area contributed by atoms with E-state index in [-0.39, 0.29) is 30.3 Å². The molecular weight excluding hydrogens is 359 g/mol. The van der Waals surface area contributed by atoms with E-state index >= 15 is 0 Å². The molecule has 6 nitrogen and oxygen atoms in total. The summed E-state index contributed by atoms with van der Waals surface area (Å²) >= 11 is 0. The van der Waals surface area contributed by atoms with Gasteiger partial charge in [-0.3, -0.25) is 4.90 Å². The zero-order valence-corrected chi connectivity index (χ0v) is 16.5. The Morgan fingerprint density at radius 2 is 1.73 bits per heavy atom. The summed E-state index contributed by atoms with van der Waals surface area (Å²) in [6, 6.07) is 5.87. The van der Waals surface area contributed by atoms with Gasteiger partial charge in [-0.05, 0) is 44.5 Å². The molecule has 26 heavy (non-hydrogen) atoms. The van der Waals surface area contributed by atoms with Crippen molar-refractivity contribution in [3.05, 3.63) is 30.1 Å². The van der Waals surface area contributed by atoms with Crippen LogP contribution < -0.4 is 4.74 Å². The number of piperazine rings is 1. The first-order valence-electron chi connectivity index (χ1n) is 8.94. The predicted octanol–water partition coefficient (Wildman–Crippen LogP) is 1.97. The van der Waals surface area contributed by atoms with Crippen LogP contribution in [0, 0.1) is 5.82 Å². The molecule has 1 aliphatic heterocycles. The molecule has 0 amide bonds. The number of halogens is 1. The van der Waals surface area contributed by atoms with E-state index in [1.807, 2.05) is 0 Å². The Morgan fingerprint density at radius 1 is 1.12 bits per heavy atom. The third-order valence-corrected chi connectivity index (χ3v) is 6.42. The Labute approximate surface area is 155 Å². The molecule has 1 aromatic rings. The van der Waals surface area contributed by atoms with Gasteiger partial charge in [0.2, 0.25) is 10.0 Å². The number of sulfonamides is 1. The van der Waals surface area contributed by atoms with Gasteiger partial charge in [0.05, 0.1) is 5.75 Å². The van der Waals surface area contributed by atoms with Crippen LogP contribution in [0.2, 0.25) is 0 Å². The molecule has 2 atom stereocenters. The van der Waals surface area contributed by atoms with Crippen molar-refractivity contribution in [2.45, 2.75) is 32.4 Å². The van der Waals surface area contributed by atoms with Gasteiger partial charge in [0.25, 0.3) is 0 Å². The van der Waals surface area contributed by atoms with Gasteiger partial charge in [-0.2, -0.15) is 4.31 Å². The molecule has 1 fully saturated rings. The highest BCUT2D eigenvalue weighted by Gasteiger charge is 2.34. The molecule has 0 saturated carbocycles. The smallest absolute Gasteiger partial charge is 0.217 e. The van der Waals surface area contributed by atoms with Crippen LogP contribution in [0.15, 0.2) is 24.3 Å². The van der Waals surface area contributed by atoms with E-state index in [9.17, 15) is 12.8 Å². The molecule has 8 heteroatoms. The second-order valence-corrected chi connectivity index (χ2v) is 8.81. The lowest BCUT2D eigenvalue weighted by atomic mass is 10.1. The van der Waals surface area contributed by atoms with E-state index in [0.717, 1.165) is 13.0 Å². The van der Waals surface area contributed by atoms with Gasteiger partial charge in [0, 0.05) is 45.4 Å². The zero-order chi connectivity index (χ0) is 19.2. The van der Waals surface area contributed by atoms with Crippen molar-refractivity contribution >= 4 is 10.0 Å². The third-order valence-electron chi connectivity index (χ3n) is 4.65. The molecular formula is C18H29FN2O4S. The minimum atomic E-state index is -3.39. The molecule has 0 aromatic heterocycles. The summed E-state index contributed by atoms with van der Waals surface area (Å²) in [4.78, 5) is 2.33. The second kappa shape index (κ2) is 9.64. The summed E-state index contributed by atoms with van der Waals surface area (Å²) in [5.41, 5.74) is 0. The first-order valence-corrected chi connectivity index (χ1v) is 10.6. The fourth-order valence-electron chi connectivity index (χ4n) is 3.29. The molecule has 0 radical (unpaired) electrons. The lowest BCUT2D eigenvalue weighted by Crippen LogP contribution is -2.58. The predicted molar refractivity (Wildman–Crippen MR) is 99.4 cm³/mol. The Morgan fingerprint density at radius 3 is 2.31 bits per heavy atom. The second-order valence-electron chi connectivity index (χ2n) is 6.72. The van der Waals surface area contributed by atoms with Crippen LogP contribution in [0.1, 0.15) is 20.3 Å². The summed E-state index contributed by atoms with van der Waals surface area (Å²) in [5, 5.41) is 0. The molecule has 0 aliphatic carbocycles. The number of methoxy groups -OCH3 is 1. The largest absolute Gasteiger partial charge is 0.492 e. The van der Waals surface area contributed by atoms with Crippen molar-refractivity contribution in [1.29, 1.82) is 0 Å². The molecule has 0 spiro atoms. The Hall–Kier alpha value is -1.22. The first-order chi connectivity index (χ1) is 12.3. The number of nitrogens with zero attached hydrogens (tertiary/aromatic N) is 2. The van der Waals surface area contributed by atoms with Crippen molar-refractivity contribution < 1.29 is 22.3 Å². The van der Waals surface area contributed by atoms with Crippen LogP contribution in [0.3, 0.4) is 0 Å². The van der Waals surface area contributed by atoms with E-state index < -0.39 is 10.0 Å². The normalized spacial score (nSPS) is 22.5. The minimum Gasteiger partial charge on any atom is -0.492 e. The maximum Gasteiger partial charge on any atom is 0.217 e. The third kappa shape index (κ3) is 5.90. The molecule has 1 saturated heterocycles. The molecule has 1 aliphatic rings. The first kappa shape index (κ1) is 21.1. The summed E-state index contributed by atoms with van der Waals surface area (Å²) in [6.07, 6.45) is 0.934. The highest BCUT2D eigenvalue weighted by atomic mass is 32.2. The van der Waals surface area contributed by atoms with Crippen LogP contribution in [0.5, 0.6) is 5.75 Å². The van der Waals surface area contributed by atoms with E-state index in [1.54, 1.807) is 11.4 Å². The fourth-order valence-corrected chi connectivity index (χ4v) is 4.73. The van der Waals surface area contributed by atoms with Crippen LogP contribution in [-0.4, -0.2) is 75.4 Å². The van der Waals surface area contributed by atoms with Crippen LogP contribution in [0.4, 0.5) is 4.39 Å². The Balaban J connectivity index is 1.85. The maximum atomic E-state index is 12.9. The van der Waals surface area contributed by atoms with Crippen molar-refractivity contribution in [3.63, 3.8) is 0 Å². The number of benzene rings is 1. The quantitative estimate of drug-likeness (QED) is 0.606. The Bertz CT molecular complexity index is 642. The van der Waals surface area contributed by atoms with Gasteiger partial charge < -0.3 is 9.47 Å². The van der Waals surface area contributed by atoms with E-state index in [0.29, 0.717) is 25.4 Å². The lowest BCUT2D eigenvalue weighted by Gasteiger charge is -2.43. The topological polar surface area (TPSA) is 59.1 Å². The van der Waals surface area contributed by atoms with Gasteiger partial charge in [-0.15, -0.1) is 0 Å². The fraction of sp³-hybridized carbons (Fsp3) is 0.667. The summed E-state index contributed by atoms with van der Waals surface area (Å²) < 4.78 is 50.2. The molecule has 148 valence electrons. The zero-order valence-electron chi connectivity index (χ0n) is 15.7.